The number of anilines is 1. The minimum atomic E-state index is 0.0170. The van der Waals surface area contributed by atoms with Crippen molar-refractivity contribution in [3.63, 3.8) is 0 Å². The zero-order chi connectivity index (χ0) is 11.6. The van der Waals surface area contributed by atoms with Crippen LogP contribution in [0.2, 0.25) is 0 Å². The molecule has 1 heterocycles. The number of nitrogens with zero attached hydrogens (tertiary/aromatic N) is 1. The first-order valence-electron chi connectivity index (χ1n) is 4.87. The van der Waals surface area contributed by atoms with E-state index in [9.17, 15) is 9.90 Å². The van der Waals surface area contributed by atoms with E-state index >= 15 is 0 Å². The normalized spacial score (nSPS) is 13.3. The fourth-order valence-corrected chi connectivity index (χ4v) is 2.06. The Morgan fingerprint density at radius 1 is 1.40 bits per heavy atom. The second-order valence-corrected chi connectivity index (χ2v) is 3.98. The molecule has 1 N–H and O–H groups in total. The number of amides is 1. The number of hydrogen-bond donors (Lipinski definition) is 1. The van der Waals surface area contributed by atoms with Crippen LogP contribution in [-0.4, -0.2) is 18.1 Å². The molecule has 82 valence electrons. The van der Waals surface area contributed by atoms with Crippen molar-refractivity contribution in [3.8, 4) is 5.75 Å². The van der Waals surface area contributed by atoms with Gasteiger partial charge in [-0.05, 0) is 17.7 Å². The van der Waals surface area contributed by atoms with Gasteiger partial charge in [0.1, 0.15) is 5.75 Å². The number of carbonyl (C=O) groups is 1. The van der Waals surface area contributed by atoms with Crippen molar-refractivity contribution in [1.82, 2.24) is 0 Å². The van der Waals surface area contributed by atoms with E-state index in [0.29, 0.717) is 12.1 Å². The number of phenols is 1. The fourth-order valence-electron chi connectivity index (χ4n) is 1.57. The summed E-state index contributed by atoms with van der Waals surface area (Å²) in [4.78, 5) is 12.8. The minimum Gasteiger partial charge on any atom is -0.506 e. The Morgan fingerprint density at radius 3 is 2.60 bits per heavy atom. The van der Waals surface area contributed by atoms with Gasteiger partial charge in [-0.3, -0.25) is 4.79 Å². The quantitative estimate of drug-likeness (QED) is 0.788. The lowest BCUT2D eigenvalue weighted by molar-refractivity contribution is -0.117. The van der Waals surface area contributed by atoms with Crippen LogP contribution >= 0.6 is 15.9 Å². The maximum Gasteiger partial charge on any atom is 0.231 e. The van der Waals surface area contributed by atoms with Crippen LogP contribution in [0.25, 0.3) is 0 Å². The van der Waals surface area contributed by atoms with Crippen LogP contribution in [-0.2, 0) is 11.2 Å². The molecule has 0 spiro atoms. The lowest BCUT2D eigenvalue weighted by atomic mass is 10.1. The van der Waals surface area contributed by atoms with Crippen molar-refractivity contribution in [1.29, 1.82) is 0 Å². The Balaban J connectivity index is 0.000000531. The summed E-state index contributed by atoms with van der Waals surface area (Å²) in [6, 6.07) is 3.45. The zero-order valence-electron chi connectivity index (χ0n) is 9.04. The summed E-state index contributed by atoms with van der Waals surface area (Å²) in [5.41, 5.74) is 1.51. The molecule has 0 unspecified atom stereocenters. The molecule has 0 saturated carbocycles. The highest BCUT2D eigenvalue weighted by Gasteiger charge is 2.27. The van der Waals surface area contributed by atoms with Crippen LogP contribution in [0.1, 0.15) is 19.4 Å². The molecule has 4 heteroatoms. The molecule has 1 amide bonds. The Bertz CT molecular complexity index is 390. The summed E-state index contributed by atoms with van der Waals surface area (Å²) in [5.74, 6) is 0.168. The number of halogens is 1. The van der Waals surface area contributed by atoms with Crippen molar-refractivity contribution in [2.24, 2.45) is 0 Å². The third-order valence-electron chi connectivity index (χ3n) is 2.18. The monoisotopic (exact) mass is 271 g/mol. The maximum atomic E-state index is 11.3. The van der Waals surface area contributed by atoms with E-state index in [1.807, 2.05) is 19.9 Å². The molecule has 0 aromatic heterocycles. The van der Waals surface area contributed by atoms with Gasteiger partial charge in [-0.15, -0.1) is 0 Å². The highest BCUT2D eigenvalue weighted by atomic mass is 79.9. The van der Waals surface area contributed by atoms with Gasteiger partial charge in [-0.2, -0.15) is 0 Å². The summed E-state index contributed by atoms with van der Waals surface area (Å²) in [6.07, 6.45) is 0.374. The molecule has 0 saturated heterocycles. The molecule has 2 rings (SSSR count). The van der Waals surface area contributed by atoms with Crippen molar-refractivity contribution in [2.45, 2.75) is 20.3 Å². The van der Waals surface area contributed by atoms with Gasteiger partial charge >= 0.3 is 0 Å². The number of fused-ring (bicyclic) bond motifs is 1. The van der Waals surface area contributed by atoms with Crippen LogP contribution in [0.15, 0.2) is 16.6 Å². The standard InChI is InChI=1S/C9H8BrNO2.C2H6/c1-11-8(13)3-5-2-6(10)4-7(12)9(5)11;1-2/h2,4,12H,3H2,1H3;1-2H3. The second kappa shape index (κ2) is 4.66. The molecule has 0 aliphatic carbocycles. The van der Waals surface area contributed by atoms with Crippen molar-refractivity contribution >= 4 is 27.5 Å². The Kier molecular flexibility index (Phi) is 3.74. The molecule has 1 aromatic carbocycles. The number of benzene rings is 1. The SMILES string of the molecule is CC.CN1C(=O)Cc2cc(Br)cc(O)c21. The fraction of sp³-hybridized carbons (Fsp3) is 0.364. The van der Waals surface area contributed by atoms with Crippen molar-refractivity contribution in [3.05, 3.63) is 22.2 Å². The molecule has 0 atom stereocenters. The predicted molar refractivity (Wildman–Crippen MR) is 64.3 cm³/mol. The summed E-state index contributed by atoms with van der Waals surface area (Å²) in [6.45, 7) is 4.00. The first-order valence-corrected chi connectivity index (χ1v) is 5.67. The largest absolute Gasteiger partial charge is 0.506 e. The smallest absolute Gasteiger partial charge is 0.231 e. The lowest BCUT2D eigenvalue weighted by Gasteiger charge is -2.11. The van der Waals surface area contributed by atoms with Gasteiger partial charge in [0, 0.05) is 11.5 Å². The highest BCUT2D eigenvalue weighted by molar-refractivity contribution is 9.10. The summed E-state index contributed by atoms with van der Waals surface area (Å²) in [5, 5.41) is 9.58. The number of likely N-dealkylation sites (N-methyl/N-ethyl adjacent to an activating group) is 1. The molecular weight excluding hydrogens is 258 g/mol. The Morgan fingerprint density at radius 2 is 2.00 bits per heavy atom. The van der Waals surface area contributed by atoms with Crippen LogP contribution < -0.4 is 4.90 Å². The van der Waals surface area contributed by atoms with Gasteiger partial charge in [-0.25, -0.2) is 0 Å². The van der Waals surface area contributed by atoms with E-state index in [0.717, 1.165) is 10.0 Å². The molecule has 1 aromatic rings. The molecule has 15 heavy (non-hydrogen) atoms. The summed E-state index contributed by atoms with van der Waals surface area (Å²) < 4.78 is 0.798. The third-order valence-corrected chi connectivity index (χ3v) is 2.64. The van der Waals surface area contributed by atoms with Crippen LogP contribution in [0.5, 0.6) is 5.75 Å². The van der Waals surface area contributed by atoms with E-state index in [2.05, 4.69) is 15.9 Å². The molecule has 0 radical (unpaired) electrons. The number of rotatable bonds is 0. The van der Waals surface area contributed by atoms with Gasteiger partial charge in [-0.1, -0.05) is 29.8 Å². The number of carbonyl (C=O) groups excluding carboxylic acids is 1. The summed E-state index contributed by atoms with van der Waals surface area (Å²) in [7, 11) is 1.67. The van der Waals surface area contributed by atoms with Gasteiger partial charge < -0.3 is 10.0 Å². The van der Waals surface area contributed by atoms with Gasteiger partial charge in [0.15, 0.2) is 0 Å². The Hall–Kier alpha value is -1.03. The first-order chi connectivity index (χ1) is 7.09. The lowest BCUT2D eigenvalue weighted by Crippen LogP contribution is -2.20. The van der Waals surface area contributed by atoms with Crippen molar-refractivity contribution < 1.29 is 9.90 Å². The van der Waals surface area contributed by atoms with Crippen LogP contribution in [0.3, 0.4) is 0 Å². The predicted octanol–water partition coefficient (Wildman–Crippen LogP) is 2.70. The molecular formula is C11H14BrNO2. The van der Waals surface area contributed by atoms with E-state index in [4.69, 9.17) is 0 Å². The molecule has 1 aliphatic heterocycles. The van der Waals surface area contributed by atoms with Crippen molar-refractivity contribution in [2.75, 3.05) is 11.9 Å². The first kappa shape index (κ1) is 12.0. The average Bonchev–Trinajstić information content (AvgIpc) is 2.45. The van der Waals surface area contributed by atoms with E-state index in [1.165, 1.54) is 4.90 Å². The molecule has 0 bridgehead atoms. The van der Waals surface area contributed by atoms with Crippen LogP contribution in [0, 0.1) is 0 Å². The molecule has 1 aliphatic rings. The number of aromatic hydroxyl groups is 1. The maximum absolute atomic E-state index is 11.3. The van der Waals surface area contributed by atoms with E-state index in [1.54, 1.807) is 13.1 Å². The van der Waals surface area contributed by atoms with E-state index < -0.39 is 0 Å². The number of phenolic OH excluding ortho intramolecular Hbond substituents is 1. The number of hydrogen-bond acceptors (Lipinski definition) is 2. The summed E-state index contributed by atoms with van der Waals surface area (Å²) >= 11 is 3.27. The Labute approximate surface area is 97.8 Å². The van der Waals surface area contributed by atoms with Gasteiger partial charge in [0.25, 0.3) is 0 Å². The second-order valence-electron chi connectivity index (χ2n) is 3.06. The minimum absolute atomic E-state index is 0.0170. The van der Waals surface area contributed by atoms with Gasteiger partial charge in [0.05, 0.1) is 12.1 Å². The average molecular weight is 272 g/mol. The third kappa shape index (κ3) is 2.15. The molecule has 0 fully saturated rings. The molecule has 3 nitrogen and oxygen atoms in total. The highest BCUT2D eigenvalue weighted by Crippen LogP contribution is 2.38. The van der Waals surface area contributed by atoms with Gasteiger partial charge in [0.2, 0.25) is 5.91 Å². The van der Waals surface area contributed by atoms with E-state index in [-0.39, 0.29) is 11.7 Å². The zero-order valence-corrected chi connectivity index (χ0v) is 10.6. The van der Waals surface area contributed by atoms with Crippen LogP contribution in [0.4, 0.5) is 5.69 Å². The topological polar surface area (TPSA) is 40.5 Å².